The highest BCUT2D eigenvalue weighted by Gasteiger charge is 2.30. The van der Waals surface area contributed by atoms with Crippen LogP contribution in [0.5, 0.6) is 5.75 Å². The number of halogens is 1. The molecule has 186 valence electrons. The van der Waals surface area contributed by atoms with Crippen molar-refractivity contribution in [3.63, 3.8) is 0 Å². The molecule has 9 heteroatoms. The number of carbonyl (C=O) groups is 1. The number of amides is 1. The molecule has 2 aliphatic heterocycles. The summed E-state index contributed by atoms with van der Waals surface area (Å²) >= 11 is 0. The summed E-state index contributed by atoms with van der Waals surface area (Å²) < 4.78 is 11.4. The Bertz CT molecular complexity index is 728. The van der Waals surface area contributed by atoms with Crippen LogP contribution in [0.25, 0.3) is 0 Å². The number of benzene rings is 1. The molecular weight excluding hydrogens is 533 g/mol. The second-order valence-corrected chi connectivity index (χ2v) is 8.23. The van der Waals surface area contributed by atoms with Gasteiger partial charge in [-0.15, -0.1) is 24.0 Å². The maximum absolute atomic E-state index is 12.5. The molecule has 1 amide bonds. The molecular formula is C24H40IN5O3. The molecule has 1 aromatic rings. The maximum Gasteiger partial charge on any atom is 0.251 e. The van der Waals surface area contributed by atoms with E-state index in [0.29, 0.717) is 32.8 Å². The molecule has 33 heavy (non-hydrogen) atoms. The van der Waals surface area contributed by atoms with Crippen molar-refractivity contribution in [3.05, 3.63) is 29.8 Å². The number of likely N-dealkylation sites (N-methyl/N-ethyl adjacent to an activating group) is 1. The standard InChI is InChI=1S/C24H39N5O3.HI/c1-4-27(5-2)16-18-31-21-10-8-20(9-11-21)19-26-24(25-3)29-14-12-28(13-15-29)23(30)22-7-6-17-32-22;/h8-11,22H,4-7,12-19H2,1-3H3,(H,25,26);1H. The number of nitrogens with one attached hydrogen (secondary N) is 1. The first kappa shape index (κ1) is 27.7. The molecule has 1 unspecified atom stereocenters. The summed E-state index contributed by atoms with van der Waals surface area (Å²) in [6.07, 6.45) is 1.60. The normalized spacial score (nSPS) is 18.9. The number of hydrogen-bond acceptors (Lipinski definition) is 5. The van der Waals surface area contributed by atoms with Crippen LogP contribution < -0.4 is 10.1 Å². The van der Waals surface area contributed by atoms with Gasteiger partial charge in [0.2, 0.25) is 0 Å². The third kappa shape index (κ3) is 8.29. The van der Waals surface area contributed by atoms with Crippen LogP contribution in [0, 0.1) is 0 Å². The van der Waals surface area contributed by atoms with Crippen molar-refractivity contribution in [2.24, 2.45) is 4.99 Å². The van der Waals surface area contributed by atoms with Crippen LogP contribution in [0.2, 0.25) is 0 Å². The van der Waals surface area contributed by atoms with E-state index in [2.05, 4.69) is 46.1 Å². The van der Waals surface area contributed by atoms with Gasteiger partial charge < -0.3 is 29.5 Å². The Kier molecular flexibility index (Phi) is 12.3. The lowest BCUT2D eigenvalue weighted by Crippen LogP contribution is -2.55. The number of guanidine groups is 1. The molecule has 3 rings (SSSR count). The highest BCUT2D eigenvalue weighted by Crippen LogP contribution is 2.16. The van der Waals surface area contributed by atoms with Gasteiger partial charge in [-0.05, 0) is 43.6 Å². The first-order valence-corrected chi connectivity index (χ1v) is 11.9. The number of ether oxygens (including phenoxy) is 2. The topological polar surface area (TPSA) is 69.6 Å². The fourth-order valence-corrected chi connectivity index (χ4v) is 4.16. The molecule has 0 aliphatic carbocycles. The maximum atomic E-state index is 12.5. The van der Waals surface area contributed by atoms with Gasteiger partial charge in [-0.3, -0.25) is 9.79 Å². The van der Waals surface area contributed by atoms with E-state index in [4.69, 9.17) is 9.47 Å². The third-order valence-corrected chi connectivity index (χ3v) is 6.25. The third-order valence-electron chi connectivity index (χ3n) is 6.25. The van der Waals surface area contributed by atoms with Gasteiger partial charge in [-0.25, -0.2) is 0 Å². The summed E-state index contributed by atoms with van der Waals surface area (Å²) in [6, 6.07) is 8.23. The van der Waals surface area contributed by atoms with Crippen LogP contribution in [0.4, 0.5) is 0 Å². The molecule has 8 nitrogen and oxygen atoms in total. The van der Waals surface area contributed by atoms with Crippen LogP contribution in [0.15, 0.2) is 29.3 Å². The zero-order valence-corrected chi connectivity index (χ0v) is 22.6. The molecule has 0 saturated carbocycles. The van der Waals surface area contributed by atoms with E-state index in [1.165, 1.54) is 5.56 Å². The quantitative estimate of drug-likeness (QED) is 0.278. The average Bonchev–Trinajstić information content (AvgIpc) is 3.38. The monoisotopic (exact) mass is 573 g/mol. The highest BCUT2D eigenvalue weighted by atomic mass is 127. The number of aliphatic imine (C=N–C) groups is 1. The smallest absolute Gasteiger partial charge is 0.251 e. The first-order chi connectivity index (χ1) is 15.6. The van der Waals surface area contributed by atoms with Gasteiger partial charge in [0.25, 0.3) is 5.91 Å². The Balaban J connectivity index is 0.00000385. The Morgan fingerprint density at radius 3 is 2.39 bits per heavy atom. The van der Waals surface area contributed by atoms with E-state index >= 15 is 0 Å². The van der Waals surface area contributed by atoms with Crippen molar-refractivity contribution in [3.8, 4) is 5.75 Å². The Hall–Kier alpha value is -1.59. The summed E-state index contributed by atoms with van der Waals surface area (Å²) in [4.78, 5) is 23.5. The summed E-state index contributed by atoms with van der Waals surface area (Å²) in [5, 5.41) is 3.45. The fraction of sp³-hybridized carbons (Fsp3) is 0.667. The second kappa shape index (κ2) is 14.6. The molecule has 0 radical (unpaired) electrons. The van der Waals surface area contributed by atoms with Crippen molar-refractivity contribution in [1.82, 2.24) is 20.0 Å². The van der Waals surface area contributed by atoms with Crippen molar-refractivity contribution >= 4 is 35.8 Å². The van der Waals surface area contributed by atoms with Gasteiger partial charge in [-0.2, -0.15) is 0 Å². The minimum Gasteiger partial charge on any atom is -0.492 e. The van der Waals surface area contributed by atoms with E-state index in [1.54, 1.807) is 7.05 Å². The Morgan fingerprint density at radius 1 is 1.15 bits per heavy atom. The average molecular weight is 574 g/mol. The van der Waals surface area contributed by atoms with Crippen molar-refractivity contribution < 1.29 is 14.3 Å². The van der Waals surface area contributed by atoms with Gasteiger partial charge >= 0.3 is 0 Å². The molecule has 2 aliphatic rings. The number of piperazine rings is 1. The highest BCUT2D eigenvalue weighted by molar-refractivity contribution is 14.0. The lowest BCUT2D eigenvalue weighted by molar-refractivity contribution is -0.142. The van der Waals surface area contributed by atoms with Crippen LogP contribution in [-0.2, 0) is 16.1 Å². The van der Waals surface area contributed by atoms with Gasteiger partial charge in [0.15, 0.2) is 5.96 Å². The first-order valence-electron chi connectivity index (χ1n) is 11.9. The lowest BCUT2D eigenvalue weighted by Gasteiger charge is -2.37. The number of hydrogen-bond donors (Lipinski definition) is 1. The summed E-state index contributed by atoms with van der Waals surface area (Å²) in [6.45, 7) is 12.4. The second-order valence-electron chi connectivity index (χ2n) is 8.23. The molecule has 2 heterocycles. The molecule has 1 atom stereocenters. The number of nitrogens with zero attached hydrogens (tertiary/aromatic N) is 4. The van der Waals surface area contributed by atoms with Crippen LogP contribution in [-0.4, -0.2) is 98.7 Å². The minimum absolute atomic E-state index is 0. The zero-order valence-electron chi connectivity index (χ0n) is 20.3. The SMILES string of the molecule is CCN(CC)CCOc1ccc(CNC(=NC)N2CCN(C(=O)C3CCCO3)CC2)cc1.I. The van der Waals surface area contributed by atoms with E-state index in [0.717, 1.165) is 57.3 Å². The Morgan fingerprint density at radius 2 is 1.82 bits per heavy atom. The molecule has 1 aromatic carbocycles. The van der Waals surface area contributed by atoms with Crippen LogP contribution in [0.3, 0.4) is 0 Å². The van der Waals surface area contributed by atoms with Gasteiger partial charge in [-0.1, -0.05) is 26.0 Å². The van der Waals surface area contributed by atoms with E-state index in [1.807, 2.05) is 17.0 Å². The Labute approximate surface area is 215 Å². The van der Waals surface area contributed by atoms with Gasteiger partial charge in [0.1, 0.15) is 18.5 Å². The number of rotatable bonds is 9. The zero-order chi connectivity index (χ0) is 22.8. The summed E-state index contributed by atoms with van der Waals surface area (Å²) in [5.74, 6) is 1.91. The fourth-order valence-electron chi connectivity index (χ4n) is 4.16. The molecule has 0 bridgehead atoms. The van der Waals surface area contributed by atoms with Gasteiger partial charge in [0, 0.05) is 52.9 Å². The number of carbonyl (C=O) groups excluding carboxylic acids is 1. The van der Waals surface area contributed by atoms with E-state index in [-0.39, 0.29) is 36.0 Å². The molecule has 1 N–H and O–H groups in total. The molecule has 0 aromatic heterocycles. The van der Waals surface area contributed by atoms with Crippen molar-refractivity contribution in [1.29, 1.82) is 0 Å². The van der Waals surface area contributed by atoms with E-state index in [9.17, 15) is 4.79 Å². The summed E-state index contributed by atoms with van der Waals surface area (Å²) in [5.41, 5.74) is 1.18. The largest absolute Gasteiger partial charge is 0.492 e. The predicted octanol–water partition coefficient (Wildman–Crippen LogP) is 2.42. The lowest BCUT2D eigenvalue weighted by atomic mass is 10.2. The van der Waals surface area contributed by atoms with Gasteiger partial charge in [0.05, 0.1) is 0 Å². The minimum atomic E-state index is -0.233. The molecule has 2 fully saturated rings. The predicted molar refractivity (Wildman–Crippen MR) is 142 cm³/mol. The van der Waals surface area contributed by atoms with Crippen molar-refractivity contribution in [2.75, 3.05) is 66.1 Å². The van der Waals surface area contributed by atoms with Crippen LogP contribution in [0.1, 0.15) is 32.3 Å². The summed E-state index contributed by atoms with van der Waals surface area (Å²) in [7, 11) is 1.80. The van der Waals surface area contributed by atoms with Crippen LogP contribution >= 0.6 is 24.0 Å². The van der Waals surface area contributed by atoms with Crippen molar-refractivity contribution in [2.45, 2.75) is 39.3 Å². The van der Waals surface area contributed by atoms with E-state index < -0.39 is 0 Å². The molecule has 0 spiro atoms. The molecule has 2 saturated heterocycles.